The second kappa shape index (κ2) is 4.82. The predicted molar refractivity (Wildman–Crippen MR) is 76.2 cm³/mol. The molecule has 2 heterocycles. The molecule has 1 N–H and O–H groups in total. The highest BCUT2D eigenvalue weighted by Gasteiger charge is 2.02. The second-order valence-electron chi connectivity index (χ2n) is 4.23. The molecule has 1 aromatic carbocycles. The fourth-order valence-corrected chi connectivity index (χ4v) is 2.63. The Hall–Kier alpha value is -1.81. The van der Waals surface area contributed by atoms with Gasteiger partial charge in [-0.05, 0) is 24.1 Å². The highest BCUT2D eigenvalue weighted by molar-refractivity contribution is 7.15. The quantitative estimate of drug-likeness (QED) is 0.774. The van der Waals surface area contributed by atoms with Crippen molar-refractivity contribution < 1.29 is 0 Å². The Morgan fingerprint density at radius 1 is 1.28 bits per heavy atom. The maximum atomic E-state index is 4.54. The number of thiazole rings is 1. The van der Waals surface area contributed by atoms with Gasteiger partial charge in [0.15, 0.2) is 4.96 Å². The van der Waals surface area contributed by atoms with Crippen molar-refractivity contribution >= 4 is 22.0 Å². The molecule has 0 atom stereocenters. The molecule has 3 rings (SSSR count). The third kappa shape index (κ3) is 2.24. The Labute approximate surface area is 110 Å². The summed E-state index contributed by atoms with van der Waals surface area (Å²) in [6.07, 6.45) is 5.18. The fourth-order valence-electron chi connectivity index (χ4n) is 1.91. The van der Waals surface area contributed by atoms with E-state index in [-0.39, 0.29) is 0 Å². The first-order chi connectivity index (χ1) is 8.85. The average Bonchev–Trinajstić information content (AvgIpc) is 2.97. The van der Waals surface area contributed by atoms with Gasteiger partial charge in [-0.25, -0.2) is 4.98 Å². The first-order valence-electron chi connectivity index (χ1n) is 6.09. The third-order valence-electron chi connectivity index (χ3n) is 2.98. The van der Waals surface area contributed by atoms with Crippen LogP contribution in [0, 0.1) is 0 Å². The third-order valence-corrected chi connectivity index (χ3v) is 3.75. The lowest BCUT2D eigenvalue weighted by molar-refractivity contribution is 1.07. The molecule has 0 spiro atoms. The number of fused-ring (bicyclic) bond motifs is 1. The van der Waals surface area contributed by atoms with Crippen LogP contribution in [0.25, 0.3) is 4.96 Å². The number of nitrogens with zero attached hydrogens (tertiary/aromatic N) is 2. The van der Waals surface area contributed by atoms with Gasteiger partial charge in [0.1, 0.15) is 0 Å². The summed E-state index contributed by atoms with van der Waals surface area (Å²) in [6, 6.07) is 8.57. The highest BCUT2D eigenvalue weighted by atomic mass is 32.1. The minimum atomic E-state index is 0.764. The Bertz CT molecular complexity index is 608. The van der Waals surface area contributed by atoms with E-state index in [0.717, 1.165) is 29.3 Å². The van der Waals surface area contributed by atoms with Crippen LogP contribution >= 0.6 is 11.3 Å². The van der Waals surface area contributed by atoms with E-state index in [2.05, 4.69) is 52.1 Å². The summed E-state index contributed by atoms with van der Waals surface area (Å²) in [6.45, 7) is 2.93. The van der Waals surface area contributed by atoms with Gasteiger partial charge in [-0.1, -0.05) is 19.1 Å². The number of hydrogen-bond acceptors (Lipinski definition) is 3. The zero-order chi connectivity index (χ0) is 12.4. The molecular weight excluding hydrogens is 242 g/mol. The maximum Gasteiger partial charge on any atom is 0.193 e. The van der Waals surface area contributed by atoms with Crippen molar-refractivity contribution in [2.24, 2.45) is 0 Å². The first-order valence-corrected chi connectivity index (χ1v) is 6.97. The molecule has 0 aliphatic carbocycles. The molecule has 0 saturated carbocycles. The van der Waals surface area contributed by atoms with Gasteiger partial charge in [0.25, 0.3) is 0 Å². The summed E-state index contributed by atoms with van der Waals surface area (Å²) in [7, 11) is 0. The molecule has 18 heavy (non-hydrogen) atoms. The van der Waals surface area contributed by atoms with Crippen LogP contribution in [-0.2, 0) is 13.0 Å². The monoisotopic (exact) mass is 257 g/mol. The maximum absolute atomic E-state index is 4.54. The number of nitrogens with one attached hydrogen (secondary N) is 1. The van der Waals surface area contributed by atoms with Crippen molar-refractivity contribution in [3.05, 3.63) is 53.3 Å². The lowest BCUT2D eigenvalue weighted by atomic mass is 10.1. The van der Waals surface area contributed by atoms with Gasteiger partial charge in [0.2, 0.25) is 0 Å². The summed E-state index contributed by atoms with van der Waals surface area (Å²) in [5, 5.41) is 5.44. The number of hydrogen-bond donors (Lipinski definition) is 1. The van der Waals surface area contributed by atoms with Crippen molar-refractivity contribution in [1.29, 1.82) is 0 Å². The van der Waals surface area contributed by atoms with Crippen LogP contribution in [0.15, 0.2) is 42.0 Å². The number of anilines is 1. The van der Waals surface area contributed by atoms with Crippen LogP contribution in [0.1, 0.15) is 18.2 Å². The number of benzene rings is 1. The number of rotatable bonds is 4. The van der Waals surface area contributed by atoms with Crippen molar-refractivity contribution in [2.75, 3.05) is 5.32 Å². The standard InChI is InChI=1S/C14H15N3S/c1-2-11-3-5-12(6-4-11)15-9-13-10-17-7-8-18-14(17)16-13/h3-8,10,15H,2,9H2,1H3. The average molecular weight is 257 g/mol. The van der Waals surface area contributed by atoms with Gasteiger partial charge < -0.3 is 5.32 Å². The summed E-state index contributed by atoms with van der Waals surface area (Å²) < 4.78 is 2.06. The van der Waals surface area contributed by atoms with Crippen molar-refractivity contribution in [3.8, 4) is 0 Å². The van der Waals surface area contributed by atoms with Crippen LogP contribution < -0.4 is 5.32 Å². The number of aromatic nitrogens is 2. The van der Waals surface area contributed by atoms with E-state index < -0.39 is 0 Å². The highest BCUT2D eigenvalue weighted by Crippen LogP contribution is 2.14. The summed E-state index contributed by atoms with van der Waals surface area (Å²) in [5.74, 6) is 0. The topological polar surface area (TPSA) is 29.3 Å². The van der Waals surface area contributed by atoms with E-state index in [1.165, 1.54) is 5.56 Å². The molecule has 0 unspecified atom stereocenters. The lowest BCUT2D eigenvalue weighted by Crippen LogP contribution is -1.99. The van der Waals surface area contributed by atoms with Gasteiger partial charge in [-0.2, -0.15) is 0 Å². The molecule has 0 aliphatic heterocycles. The molecule has 0 saturated heterocycles. The number of imidazole rings is 1. The van der Waals surface area contributed by atoms with Gasteiger partial charge in [-0.15, -0.1) is 11.3 Å². The van der Waals surface area contributed by atoms with Crippen LogP contribution in [-0.4, -0.2) is 9.38 Å². The summed E-state index contributed by atoms with van der Waals surface area (Å²) >= 11 is 1.66. The summed E-state index contributed by atoms with van der Waals surface area (Å²) in [5.41, 5.74) is 3.58. The normalized spacial score (nSPS) is 10.9. The van der Waals surface area contributed by atoms with Crippen molar-refractivity contribution in [2.45, 2.75) is 19.9 Å². The Kier molecular flexibility index (Phi) is 3.02. The predicted octanol–water partition coefficient (Wildman–Crippen LogP) is 3.57. The Balaban J connectivity index is 1.68. The molecule has 0 amide bonds. The van der Waals surface area contributed by atoms with Gasteiger partial charge in [-0.3, -0.25) is 4.40 Å². The molecule has 92 valence electrons. The van der Waals surface area contributed by atoms with Crippen LogP contribution in [0.4, 0.5) is 5.69 Å². The molecular formula is C14H15N3S. The van der Waals surface area contributed by atoms with E-state index in [1.54, 1.807) is 11.3 Å². The van der Waals surface area contributed by atoms with E-state index in [9.17, 15) is 0 Å². The van der Waals surface area contributed by atoms with Crippen LogP contribution in [0.3, 0.4) is 0 Å². The zero-order valence-electron chi connectivity index (χ0n) is 10.3. The molecule has 3 nitrogen and oxygen atoms in total. The second-order valence-corrected chi connectivity index (χ2v) is 5.10. The van der Waals surface area contributed by atoms with Gasteiger partial charge >= 0.3 is 0 Å². The fraction of sp³-hybridized carbons (Fsp3) is 0.214. The minimum Gasteiger partial charge on any atom is -0.379 e. The smallest absolute Gasteiger partial charge is 0.193 e. The first kappa shape index (κ1) is 11.3. The SMILES string of the molecule is CCc1ccc(NCc2cn3ccsc3n2)cc1. The molecule has 0 bridgehead atoms. The molecule has 3 aromatic rings. The lowest BCUT2D eigenvalue weighted by Gasteiger charge is -2.04. The van der Waals surface area contributed by atoms with E-state index in [1.807, 2.05) is 11.6 Å². The van der Waals surface area contributed by atoms with Crippen LogP contribution in [0.5, 0.6) is 0 Å². The summed E-state index contributed by atoms with van der Waals surface area (Å²) in [4.78, 5) is 5.59. The van der Waals surface area contributed by atoms with Crippen molar-refractivity contribution in [3.63, 3.8) is 0 Å². The Morgan fingerprint density at radius 3 is 2.83 bits per heavy atom. The minimum absolute atomic E-state index is 0.764. The number of aryl methyl sites for hydroxylation is 1. The molecule has 2 aromatic heterocycles. The van der Waals surface area contributed by atoms with Crippen molar-refractivity contribution in [1.82, 2.24) is 9.38 Å². The van der Waals surface area contributed by atoms with E-state index in [4.69, 9.17) is 0 Å². The van der Waals surface area contributed by atoms with Crippen LogP contribution in [0.2, 0.25) is 0 Å². The molecule has 0 fully saturated rings. The molecule has 4 heteroatoms. The van der Waals surface area contributed by atoms with E-state index in [0.29, 0.717) is 0 Å². The van der Waals surface area contributed by atoms with E-state index >= 15 is 0 Å². The molecule has 0 aliphatic rings. The zero-order valence-corrected chi connectivity index (χ0v) is 11.1. The molecule has 0 radical (unpaired) electrons. The van der Waals surface area contributed by atoms with Gasteiger partial charge in [0, 0.05) is 23.5 Å². The van der Waals surface area contributed by atoms with Gasteiger partial charge in [0.05, 0.1) is 12.2 Å². The Morgan fingerprint density at radius 2 is 2.11 bits per heavy atom. The largest absolute Gasteiger partial charge is 0.379 e.